The minimum atomic E-state index is -2.77. The number of nitrogens with zero attached hydrogens (tertiary/aromatic N) is 2. The Morgan fingerprint density at radius 3 is 2.71 bits per heavy atom. The average Bonchev–Trinajstić information content (AvgIpc) is 2.16. The molecule has 1 aromatic rings. The third-order valence-corrected chi connectivity index (χ3v) is 2.25. The van der Waals surface area contributed by atoms with Crippen molar-refractivity contribution in [2.45, 2.75) is 12.3 Å². The zero-order chi connectivity index (χ0) is 10.7. The molecule has 0 N–H and O–H groups in total. The third-order valence-electron chi connectivity index (χ3n) is 1.56. The van der Waals surface area contributed by atoms with Crippen molar-refractivity contribution in [1.29, 1.82) is 5.26 Å². The summed E-state index contributed by atoms with van der Waals surface area (Å²) in [5.74, 6) is 0.00370. The molecule has 0 spiro atoms. The van der Waals surface area contributed by atoms with Gasteiger partial charge in [0.25, 0.3) is 6.43 Å². The Labute approximate surface area is 92.6 Å². The molecular weight excluding hydrogens is 277 g/mol. The van der Waals surface area contributed by atoms with Gasteiger partial charge in [-0.1, -0.05) is 0 Å². The molecule has 0 bridgehead atoms. The van der Waals surface area contributed by atoms with Crippen LogP contribution in [0.5, 0.6) is 0 Å². The lowest BCUT2D eigenvalue weighted by Gasteiger charge is -2.06. The number of aromatic nitrogens is 1. The van der Waals surface area contributed by atoms with Crippen molar-refractivity contribution in [2.75, 3.05) is 0 Å². The number of hydrogen-bond acceptors (Lipinski definition) is 2. The highest BCUT2D eigenvalue weighted by Crippen LogP contribution is 2.26. The molecule has 74 valence electrons. The average molecular weight is 281 g/mol. The highest BCUT2D eigenvalue weighted by atomic mass is 79.9. The van der Waals surface area contributed by atoms with Gasteiger partial charge in [-0.05, 0) is 27.6 Å². The summed E-state index contributed by atoms with van der Waals surface area (Å²) in [6, 6.07) is 3.13. The Hall–Kier alpha value is -0.730. The second-order valence-corrected chi connectivity index (χ2v) is 3.49. The van der Waals surface area contributed by atoms with Gasteiger partial charge in [0.2, 0.25) is 0 Å². The number of alkyl halides is 3. The summed E-state index contributed by atoms with van der Waals surface area (Å²) in [5.41, 5.74) is -0.318. The van der Waals surface area contributed by atoms with Crippen molar-refractivity contribution < 1.29 is 8.78 Å². The van der Waals surface area contributed by atoms with Gasteiger partial charge in [-0.2, -0.15) is 5.26 Å². The smallest absolute Gasteiger partial charge is 0.239 e. The second-order valence-electron chi connectivity index (χ2n) is 2.41. The third kappa shape index (κ3) is 2.20. The maximum absolute atomic E-state index is 12.4. The van der Waals surface area contributed by atoms with E-state index >= 15 is 0 Å². The first-order valence-corrected chi connectivity index (χ1v) is 4.86. The predicted molar refractivity (Wildman–Crippen MR) is 51.2 cm³/mol. The lowest BCUT2D eigenvalue weighted by atomic mass is 10.1. The number of rotatable bonds is 2. The van der Waals surface area contributed by atoms with Crippen LogP contribution in [0.15, 0.2) is 10.7 Å². The van der Waals surface area contributed by atoms with E-state index in [1.165, 1.54) is 6.07 Å². The van der Waals surface area contributed by atoms with E-state index in [0.717, 1.165) is 0 Å². The van der Waals surface area contributed by atoms with E-state index in [0.29, 0.717) is 5.56 Å². The molecule has 1 heterocycles. The number of pyridine rings is 1. The molecule has 0 aliphatic carbocycles. The fourth-order valence-electron chi connectivity index (χ4n) is 0.976. The Balaban J connectivity index is 3.41. The van der Waals surface area contributed by atoms with Gasteiger partial charge in [0.05, 0.1) is 5.56 Å². The first kappa shape index (κ1) is 11.3. The van der Waals surface area contributed by atoms with E-state index in [4.69, 9.17) is 16.9 Å². The van der Waals surface area contributed by atoms with E-state index in [2.05, 4.69) is 20.9 Å². The fraction of sp³-hybridized carbons (Fsp3) is 0.250. The summed E-state index contributed by atoms with van der Waals surface area (Å²) in [6.45, 7) is 0. The van der Waals surface area contributed by atoms with Crippen molar-refractivity contribution in [2.24, 2.45) is 0 Å². The molecule has 0 aliphatic heterocycles. The van der Waals surface area contributed by atoms with Gasteiger partial charge >= 0.3 is 0 Å². The first-order valence-electron chi connectivity index (χ1n) is 3.53. The largest absolute Gasteiger partial charge is 0.281 e. The molecule has 0 aromatic carbocycles. The van der Waals surface area contributed by atoms with Gasteiger partial charge in [-0.25, -0.2) is 13.8 Å². The van der Waals surface area contributed by atoms with Gasteiger partial charge in [0.15, 0.2) is 0 Å². The number of halogens is 4. The van der Waals surface area contributed by atoms with Crippen molar-refractivity contribution in [1.82, 2.24) is 4.98 Å². The van der Waals surface area contributed by atoms with Gasteiger partial charge in [-0.15, -0.1) is 11.6 Å². The quantitative estimate of drug-likeness (QED) is 0.615. The minimum Gasteiger partial charge on any atom is -0.239 e. The van der Waals surface area contributed by atoms with Crippen LogP contribution in [-0.2, 0) is 5.88 Å². The Morgan fingerprint density at radius 1 is 1.64 bits per heavy atom. The lowest BCUT2D eigenvalue weighted by molar-refractivity contribution is 0.145. The summed E-state index contributed by atoms with van der Waals surface area (Å²) in [4.78, 5) is 3.54. The van der Waals surface area contributed by atoms with Gasteiger partial charge < -0.3 is 0 Å². The number of hydrogen-bond donors (Lipinski definition) is 0. The summed E-state index contributed by atoms with van der Waals surface area (Å²) in [5, 5.41) is 8.67. The van der Waals surface area contributed by atoms with Crippen LogP contribution in [-0.4, -0.2) is 4.98 Å². The van der Waals surface area contributed by atoms with Crippen LogP contribution < -0.4 is 0 Å². The maximum Gasteiger partial charge on any atom is 0.281 e. The fourth-order valence-corrected chi connectivity index (χ4v) is 1.65. The van der Waals surface area contributed by atoms with Crippen LogP contribution in [0, 0.1) is 11.3 Å². The Bertz CT molecular complexity index is 390. The summed E-state index contributed by atoms with van der Waals surface area (Å²) in [7, 11) is 0. The van der Waals surface area contributed by atoms with Crippen molar-refractivity contribution in [3.8, 4) is 6.07 Å². The Morgan fingerprint density at radius 2 is 2.29 bits per heavy atom. The summed E-state index contributed by atoms with van der Waals surface area (Å²) >= 11 is 8.49. The second kappa shape index (κ2) is 4.67. The molecule has 6 heteroatoms. The minimum absolute atomic E-state index is 0.00370. The molecule has 0 unspecified atom stereocenters. The predicted octanol–water partition coefficient (Wildman–Crippen LogP) is 3.39. The maximum atomic E-state index is 12.4. The zero-order valence-electron chi connectivity index (χ0n) is 6.77. The summed E-state index contributed by atoms with van der Waals surface area (Å²) in [6.07, 6.45) is -2.77. The van der Waals surface area contributed by atoms with Crippen LogP contribution in [0.4, 0.5) is 8.78 Å². The molecule has 1 aromatic heterocycles. The summed E-state index contributed by atoms with van der Waals surface area (Å²) < 4.78 is 25.1. The number of nitriles is 1. The molecule has 0 aliphatic rings. The normalized spacial score (nSPS) is 10.3. The highest BCUT2D eigenvalue weighted by molar-refractivity contribution is 9.10. The van der Waals surface area contributed by atoms with E-state index in [1.54, 1.807) is 6.07 Å². The van der Waals surface area contributed by atoms with Crippen LogP contribution in [0.1, 0.15) is 23.2 Å². The van der Waals surface area contributed by atoms with Gasteiger partial charge in [-0.3, -0.25) is 0 Å². The van der Waals surface area contributed by atoms with Gasteiger partial charge in [0.1, 0.15) is 16.4 Å². The molecular formula is C8H4BrClF2N2. The molecule has 1 rings (SSSR count). The molecule has 0 amide bonds. The monoisotopic (exact) mass is 280 g/mol. The zero-order valence-corrected chi connectivity index (χ0v) is 9.11. The van der Waals surface area contributed by atoms with E-state index < -0.39 is 12.1 Å². The molecule has 0 atom stereocenters. The van der Waals surface area contributed by atoms with E-state index in [9.17, 15) is 8.78 Å². The van der Waals surface area contributed by atoms with Crippen LogP contribution >= 0.6 is 27.5 Å². The van der Waals surface area contributed by atoms with Crippen LogP contribution in [0.3, 0.4) is 0 Å². The molecule has 0 radical (unpaired) electrons. The highest BCUT2D eigenvalue weighted by Gasteiger charge is 2.18. The first-order chi connectivity index (χ1) is 6.60. The molecule has 0 fully saturated rings. The van der Waals surface area contributed by atoms with Crippen molar-refractivity contribution in [3.63, 3.8) is 0 Å². The molecule has 14 heavy (non-hydrogen) atoms. The van der Waals surface area contributed by atoms with Crippen LogP contribution in [0.2, 0.25) is 0 Å². The molecule has 0 saturated carbocycles. The standard InChI is InChI=1S/C8H4BrClF2N2/c9-6-1-4(2-10)5(3-13)7(14-6)8(11)12/h1,8H,2H2. The Kier molecular flexibility index (Phi) is 3.78. The SMILES string of the molecule is N#Cc1c(CCl)cc(Br)nc1C(F)F. The van der Waals surface area contributed by atoms with Crippen molar-refractivity contribution >= 4 is 27.5 Å². The van der Waals surface area contributed by atoms with Gasteiger partial charge in [0, 0.05) is 5.88 Å². The topological polar surface area (TPSA) is 36.7 Å². The molecule has 2 nitrogen and oxygen atoms in total. The van der Waals surface area contributed by atoms with E-state index in [1.807, 2.05) is 0 Å². The van der Waals surface area contributed by atoms with E-state index in [-0.39, 0.29) is 16.0 Å². The van der Waals surface area contributed by atoms with Crippen LogP contribution in [0.25, 0.3) is 0 Å². The van der Waals surface area contributed by atoms with Crippen molar-refractivity contribution in [3.05, 3.63) is 27.5 Å². The molecule has 0 saturated heterocycles. The lowest BCUT2D eigenvalue weighted by Crippen LogP contribution is -2.00.